The molecule has 0 amide bonds. The molecular formula is C15H19N5O2S. The lowest BCUT2D eigenvalue weighted by molar-refractivity contribution is 0.514. The first-order chi connectivity index (χ1) is 10.9. The van der Waals surface area contributed by atoms with Crippen LogP contribution < -0.4 is 11.6 Å². The Morgan fingerprint density at radius 2 is 2.00 bits per heavy atom. The maximum atomic E-state index is 11.9. The average molecular weight is 333 g/mol. The first kappa shape index (κ1) is 15.7. The molecule has 0 spiro atoms. The number of aromatic nitrogens is 4. The van der Waals surface area contributed by atoms with Gasteiger partial charge in [0.15, 0.2) is 11.4 Å². The Bertz CT molecular complexity index is 887. The minimum atomic E-state index is -0.351. The van der Waals surface area contributed by atoms with Crippen LogP contribution in [0, 0.1) is 0 Å². The van der Waals surface area contributed by atoms with Gasteiger partial charge < -0.3 is 10.3 Å². The summed E-state index contributed by atoms with van der Waals surface area (Å²) in [6, 6.07) is 7.38. The Hall–Kier alpha value is -2.22. The van der Waals surface area contributed by atoms with Gasteiger partial charge in [-0.15, -0.1) is 10.2 Å². The van der Waals surface area contributed by atoms with Crippen LogP contribution in [0.15, 0.2) is 38.6 Å². The molecule has 0 aliphatic heterocycles. The number of aryl methyl sites for hydroxylation is 1. The van der Waals surface area contributed by atoms with Gasteiger partial charge in [-0.2, -0.15) is 0 Å². The zero-order valence-corrected chi connectivity index (χ0v) is 14.1. The fourth-order valence-corrected chi connectivity index (χ4v) is 3.12. The number of hydrogen-bond donors (Lipinski definition) is 1. The summed E-state index contributed by atoms with van der Waals surface area (Å²) in [5.41, 5.74) is 1.22. The van der Waals surface area contributed by atoms with Gasteiger partial charge in [0.1, 0.15) is 0 Å². The predicted molar refractivity (Wildman–Crippen MR) is 90.1 cm³/mol. The minimum Gasteiger partial charge on any atom is -0.408 e. The van der Waals surface area contributed by atoms with Crippen LogP contribution in [0.4, 0.5) is 0 Å². The van der Waals surface area contributed by atoms with Crippen molar-refractivity contribution >= 4 is 22.9 Å². The Labute approximate surface area is 137 Å². The van der Waals surface area contributed by atoms with Crippen LogP contribution >= 0.6 is 11.8 Å². The van der Waals surface area contributed by atoms with Gasteiger partial charge >= 0.3 is 5.76 Å². The highest BCUT2D eigenvalue weighted by Crippen LogP contribution is 2.23. The van der Waals surface area contributed by atoms with Gasteiger partial charge in [-0.1, -0.05) is 44.7 Å². The number of benzene rings is 1. The molecule has 2 heterocycles. The fraction of sp³-hybridized carbons (Fsp3) is 0.400. The van der Waals surface area contributed by atoms with Crippen LogP contribution in [-0.4, -0.2) is 25.2 Å². The van der Waals surface area contributed by atoms with Gasteiger partial charge in [-0.05, 0) is 12.1 Å². The number of rotatable bonds is 4. The highest BCUT2D eigenvalue weighted by Gasteiger charge is 2.23. The maximum Gasteiger partial charge on any atom is 0.419 e. The molecule has 0 bridgehead atoms. The summed E-state index contributed by atoms with van der Waals surface area (Å²) in [7, 11) is 0. The molecule has 122 valence electrons. The van der Waals surface area contributed by atoms with Gasteiger partial charge in [0, 0.05) is 17.7 Å². The van der Waals surface area contributed by atoms with Crippen molar-refractivity contribution in [1.82, 2.24) is 19.4 Å². The SMILES string of the molecule is CC(C)(C)c1nnc(SCCn2c(=O)oc3ccccc32)n1N. The van der Waals surface area contributed by atoms with E-state index in [0.717, 1.165) is 11.3 Å². The molecule has 2 aromatic heterocycles. The number of nitrogens with zero attached hydrogens (tertiary/aromatic N) is 4. The summed E-state index contributed by atoms with van der Waals surface area (Å²) in [4.78, 5) is 11.9. The molecular weight excluding hydrogens is 314 g/mol. The summed E-state index contributed by atoms with van der Waals surface area (Å²) in [5, 5.41) is 8.91. The third kappa shape index (κ3) is 2.98. The topological polar surface area (TPSA) is 91.9 Å². The van der Waals surface area contributed by atoms with E-state index in [1.54, 1.807) is 10.6 Å². The fourth-order valence-electron chi connectivity index (χ4n) is 2.34. The molecule has 0 saturated heterocycles. The van der Waals surface area contributed by atoms with Crippen molar-refractivity contribution < 1.29 is 4.42 Å². The molecule has 23 heavy (non-hydrogen) atoms. The second-order valence-corrected chi connectivity index (χ2v) is 7.32. The van der Waals surface area contributed by atoms with Crippen molar-refractivity contribution in [1.29, 1.82) is 0 Å². The molecule has 0 atom stereocenters. The van der Waals surface area contributed by atoms with Gasteiger partial charge in [0.2, 0.25) is 5.16 Å². The number of fused-ring (bicyclic) bond motifs is 1. The number of thioether (sulfide) groups is 1. The normalized spacial score (nSPS) is 12.1. The average Bonchev–Trinajstić information content (AvgIpc) is 3.00. The Balaban J connectivity index is 1.74. The van der Waals surface area contributed by atoms with Crippen LogP contribution in [0.25, 0.3) is 11.1 Å². The quantitative estimate of drug-likeness (QED) is 0.580. The molecule has 0 radical (unpaired) electrons. The number of nitrogens with two attached hydrogens (primary N) is 1. The molecule has 0 saturated carbocycles. The summed E-state index contributed by atoms with van der Waals surface area (Å²) in [5.74, 6) is 7.07. The summed E-state index contributed by atoms with van der Waals surface area (Å²) in [6.07, 6.45) is 0. The number of nitrogen functional groups attached to an aromatic ring is 1. The number of hydrogen-bond acceptors (Lipinski definition) is 6. The lowest BCUT2D eigenvalue weighted by Gasteiger charge is -2.16. The van der Waals surface area contributed by atoms with E-state index in [9.17, 15) is 4.79 Å². The van der Waals surface area contributed by atoms with Crippen molar-refractivity contribution in [3.63, 3.8) is 0 Å². The van der Waals surface area contributed by atoms with Gasteiger partial charge in [0.05, 0.1) is 5.52 Å². The molecule has 3 aromatic rings. The van der Waals surface area contributed by atoms with E-state index in [1.807, 2.05) is 39.0 Å². The first-order valence-corrected chi connectivity index (χ1v) is 8.28. The molecule has 0 fully saturated rings. The number of oxazole rings is 1. The maximum absolute atomic E-state index is 11.9. The Morgan fingerprint density at radius 1 is 1.26 bits per heavy atom. The third-order valence-corrected chi connectivity index (χ3v) is 4.38. The van der Waals surface area contributed by atoms with E-state index in [-0.39, 0.29) is 11.2 Å². The van der Waals surface area contributed by atoms with Gasteiger partial charge in [-0.25, -0.2) is 9.47 Å². The summed E-state index contributed by atoms with van der Waals surface area (Å²) < 4.78 is 8.34. The van der Waals surface area contributed by atoms with Crippen molar-refractivity contribution in [3.8, 4) is 0 Å². The Kier molecular flexibility index (Phi) is 3.93. The molecule has 0 unspecified atom stereocenters. The van der Waals surface area contributed by atoms with Crippen molar-refractivity contribution in [2.45, 2.75) is 37.9 Å². The molecule has 0 aliphatic carbocycles. The van der Waals surface area contributed by atoms with E-state index in [4.69, 9.17) is 10.3 Å². The zero-order valence-electron chi connectivity index (χ0n) is 13.3. The van der Waals surface area contributed by atoms with E-state index in [1.165, 1.54) is 16.4 Å². The van der Waals surface area contributed by atoms with Crippen LogP contribution in [0.3, 0.4) is 0 Å². The summed E-state index contributed by atoms with van der Waals surface area (Å²) in [6.45, 7) is 6.61. The second-order valence-electron chi connectivity index (χ2n) is 6.26. The Morgan fingerprint density at radius 3 is 2.70 bits per heavy atom. The van der Waals surface area contributed by atoms with E-state index in [0.29, 0.717) is 23.0 Å². The van der Waals surface area contributed by atoms with E-state index >= 15 is 0 Å². The van der Waals surface area contributed by atoms with Crippen molar-refractivity contribution in [2.24, 2.45) is 0 Å². The van der Waals surface area contributed by atoms with Crippen LogP contribution in [0.5, 0.6) is 0 Å². The monoisotopic (exact) mass is 333 g/mol. The van der Waals surface area contributed by atoms with Crippen LogP contribution in [-0.2, 0) is 12.0 Å². The van der Waals surface area contributed by atoms with Crippen LogP contribution in [0.2, 0.25) is 0 Å². The lowest BCUT2D eigenvalue weighted by atomic mass is 9.96. The minimum absolute atomic E-state index is 0.168. The second kappa shape index (κ2) is 5.77. The van der Waals surface area contributed by atoms with Gasteiger partial charge in [-0.3, -0.25) is 4.57 Å². The van der Waals surface area contributed by atoms with Crippen molar-refractivity contribution in [3.05, 3.63) is 40.6 Å². The third-order valence-electron chi connectivity index (χ3n) is 3.46. The highest BCUT2D eigenvalue weighted by atomic mass is 32.2. The molecule has 0 aliphatic rings. The van der Waals surface area contributed by atoms with E-state index in [2.05, 4.69) is 10.2 Å². The molecule has 1 aromatic carbocycles. The highest BCUT2D eigenvalue weighted by molar-refractivity contribution is 7.99. The standard InChI is InChI=1S/C15H19N5O2S/c1-15(2,3)12-17-18-13(20(12)16)23-9-8-19-10-6-4-5-7-11(10)22-14(19)21/h4-7H,8-9,16H2,1-3H3. The summed E-state index contributed by atoms with van der Waals surface area (Å²) >= 11 is 1.46. The van der Waals surface area contributed by atoms with Crippen molar-refractivity contribution in [2.75, 3.05) is 11.6 Å². The largest absolute Gasteiger partial charge is 0.419 e. The zero-order chi connectivity index (χ0) is 16.6. The smallest absolute Gasteiger partial charge is 0.408 e. The molecule has 7 nitrogen and oxygen atoms in total. The van der Waals surface area contributed by atoms with Crippen LogP contribution in [0.1, 0.15) is 26.6 Å². The van der Waals surface area contributed by atoms with Gasteiger partial charge in [0.25, 0.3) is 0 Å². The predicted octanol–water partition coefficient (Wildman–Crippen LogP) is 1.99. The molecule has 8 heteroatoms. The first-order valence-electron chi connectivity index (χ1n) is 7.30. The molecule has 3 rings (SSSR count). The molecule has 2 N–H and O–H groups in total. The van der Waals surface area contributed by atoms with E-state index < -0.39 is 0 Å². The lowest BCUT2D eigenvalue weighted by Crippen LogP contribution is -2.24. The number of para-hydroxylation sites is 2.